The van der Waals surface area contributed by atoms with Gasteiger partial charge in [-0.25, -0.2) is 0 Å². The zero-order valence-electron chi connectivity index (χ0n) is 11.4. The van der Waals surface area contributed by atoms with Gasteiger partial charge in [0.2, 0.25) is 5.91 Å². The Kier molecular flexibility index (Phi) is 4.29. The maximum absolute atomic E-state index is 12.2. The number of halogens is 1. The second-order valence-electron chi connectivity index (χ2n) is 4.88. The quantitative estimate of drug-likeness (QED) is 0.858. The van der Waals surface area contributed by atoms with Crippen molar-refractivity contribution >= 4 is 23.2 Å². The molecule has 20 heavy (non-hydrogen) atoms. The van der Waals surface area contributed by atoms with Crippen molar-refractivity contribution in [1.29, 1.82) is 5.26 Å². The normalized spacial score (nSPS) is 20.6. The minimum absolute atomic E-state index is 0.147. The Morgan fingerprint density at radius 2 is 2.20 bits per heavy atom. The smallest absolute Gasteiger partial charge is 0.230 e. The molecule has 0 saturated carbocycles. The molecule has 6 heteroatoms. The van der Waals surface area contributed by atoms with Crippen molar-refractivity contribution in [3.05, 3.63) is 28.3 Å². The minimum Gasteiger partial charge on any atom is -0.360 e. The molecule has 0 aliphatic carbocycles. The van der Waals surface area contributed by atoms with Gasteiger partial charge in [0.05, 0.1) is 16.3 Å². The summed E-state index contributed by atoms with van der Waals surface area (Å²) < 4.78 is 0. The van der Waals surface area contributed by atoms with E-state index in [4.69, 9.17) is 16.9 Å². The number of hydrogen-bond donors (Lipinski definition) is 1. The number of rotatable bonds is 1. The highest BCUT2D eigenvalue weighted by Gasteiger charge is 2.31. The lowest BCUT2D eigenvalue weighted by Crippen LogP contribution is -2.48. The van der Waals surface area contributed by atoms with Crippen LogP contribution in [-0.4, -0.2) is 35.9 Å². The number of aliphatic hydroxyl groups excluding tert-OH is 1. The van der Waals surface area contributed by atoms with E-state index in [9.17, 15) is 9.90 Å². The molecule has 1 aliphatic rings. The summed E-state index contributed by atoms with van der Waals surface area (Å²) in [6, 6.07) is 5.22. The highest BCUT2D eigenvalue weighted by Crippen LogP contribution is 2.32. The second-order valence-corrected chi connectivity index (χ2v) is 5.26. The van der Waals surface area contributed by atoms with Crippen LogP contribution in [0, 0.1) is 18.3 Å². The van der Waals surface area contributed by atoms with Crippen LogP contribution in [0.3, 0.4) is 0 Å². The van der Waals surface area contributed by atoms with Gasteiger partial charge in [-0.2, -0.15) is 5.26 Å². The maximum Gasteiger partial charge on any atom is 0.230 e. The fourth-order valence-electron chi connectivity index (χ4n) is 2.32. The summed E-state index contributed by atoms with van der Waals surface area (Å²) in [6.45, 7) is 2.38. The van der Waals surface area contributed by atoms with Gasteiger partial charge in [-0.3, -0.25) is 14.6 Å². The minimum atomic E-state index is -1.02. The van der Waals surface area contributed by atoms with Crippen LogP contribution in [0.5, 0.6) is 0 Å². The molecular formula is C14H16ClN3O2. The zero-order valence-corrected chi connectivity index (χ0v) is 12.2. The molecule has 1 saturated heterocycles. The summed E-state index contributed by atoms with van der Waals surface area (Å²) in [5.74, 6) is -0.147. The molecular weight excluding hydrogens is 278 g/mol. The van der Waals surface area contributed by atoms with E-state index in [1.54, 1.807) is 31.0 Å². The number of aliphatic hydroxyl groups is 1. The third-order valence-electron chi connectivity index (χ3n) is 3.53. The number of anilines is 1. The Morgan fingerprint density at radius 1 is 1.50 bits per heavy atom. The summed E-state index contributed by atoms with van der Waals surface area (Å²) in [4.78, 5) is 15.3. The van der Waals surface area contributed by atoms with Crippen molar-refractivity contribution in [2.45, 2.75) is 26.1 Å². The molecule has 0 aromatic heterocycles. The number of carbonyl (C=O) groups excluding carboxylic acids is 1. The highest BCUT2D eigenvalue weighted by atomic mass is 35.5. The van der Waals surface area contributed by atoms with Gasteiger partial charge in [0.1, 0.15) is 6.07 Å². The van der Waals surface area contributed by atoms with E-state index in [0.29, 0.717) is 41.2 Å². The second kappa shape index (κ2) is 5.80. The van der Waals surface area contributed by atoms with Crippen LogP contribution in [0.25, 0.3) is 0 Å². The lowest BCUT2D eigenvalue weighted by atomic mass is 10.1. The number of benzene rings is 1. The summed E-state index contributed by atoms with van der Waals surface area (Å²) in [7, 11) is 1.76. The first-order valence-electron chi connectivity index (χ1n) is 6.37. The molecule has 1 amide bonds. The van der Waals surface area contributed by atoms with Crippen LogP contribution in [0.2, 0.25) is 5.02 Å². The third-order valence-corrected chi connectivity index (χ3v) is 4.02. The molecule has 106 valence electrons. The van der Waals surface area contributed by atoms with Gasteiger partial charge in [-0.1, -0.05) is 11.6 Å². The topological polar surface area (TPSA) is 67.6 Å². The summed E-state index contributed by atoms with van der Waals surface area (Å²) in [5, 5.41) is 19.6. The van der Waals surface area contributed by atoms with Gasteiger partial charge in [0, 0.05) is 13.0 Å². The molecule has 1 aromatic rings. The van der Waals surface area contributed by atoms with E-state index in [0.717, 1.165) is 0 Å². The Labute approximate surface area is 123 Å². The highest BCUT2D eigenvalue weighted by molar-refractivity contribution is 6.33. The third kappa shape index (κ3) is 2.50. The molecule has 2 rings (SSSR count). The summed E-state index contributed by atoms with van der Waals surface area (Å²) in [5.41, 5.74) is 1.52. The number of nitriles is 1. The molecule has 0 bridgehead atoms. The number of nitrogens with zero attached hydrogens (tertiary/aromatic N) is 3. The average Bonchev–Trinajstić information content (AvgIpc) is 2.54. The van der Waals surface area contributed by atoms with Crippen molar-refractivity contribution < 1.29 is 9.90 Å². The predicted molar refractivity (Wildman–Crippen MR) is 76.3 cm³/mol. The largest absolute Gasteiger partial charge is 0.360 e. The first-order chi connectivity index (χ1) is 9.47. The lowest BCUT2D eigenvalue weighted by Gasteiger charge is -2.32. The summed E-state index contributed by atoms with van der Waals surface area (Å²) >= 11 is 6.13. The van der Waals surface area contributed by atoms with E-state index in [1.165, 1.54) is 4.90 Å². The van der Waals surface area contributed by atoms with E-state index in [1.807, 2.05) is 6.07 Å². The number of hydrogen-bond acceptors (Lipinski definition) is 4. The molecule has 1 heterocycles. The van der Waals surface area contributed by atoms with Crippen molar-refractivity contribution in [3.8, 4) is 6.07 Å². The van der Waals surface area contributed by atoms with E-state index in [-0.39, 0.29) is 5.91 Å². The first-order valence-corrected chi connectivity index (χ1v) is 6.74. The summed E-state index contributed by atoms with van der Waals surface area (Å²) in [6.07, 6.45) is 0.0532. The van der Waals surface area contributed by atoms with Gasteiger partial charge in [-0.05, 0) is 38.1 Å². The van der Waals surface area contributed by atoms with Crippen molar-refractivity contribution in [3.63, 3.8) is 0 Å². The molecule has 1 aliphatic heterocycles. The molecule has 5 nitrogen and oxygen atoms in total. The Bertz CT molecular complexity index is 583. The molecule has 1 unspecified atom stereocenters. The van der Waals surface area contributed by atoms with Gasteiger partial charge in [0.25, 0.3) is 0 Å². The number of carbonyl (C=O) groups is 1. The van der Waals surface area contributed by atoms with Crippen LogP contribution in [0.15, 0.2) is 12.1 Å². The fourth-order valence-corrected chi connectivity index (χ4v) is 2.52. The van der Waals surface area contributed by atoms with Gasteiger partial charge < -0.3 is 5.11 Å². The van der Waals surface area contributed by atoms with E-state index in [2.05, 4.69) is 0 Å². The van der Waals surface area contributed by atoms with Crippen molar-refractivity contribution in [2.75, 3.05) is 18.5 Å². The predicted octanol–water partition coefficient (Wildman–Crippen LogP) is 1.85. The van der Waals surface area contributed by atoms with Crippen LogP contribution < -0.4 is 4.90 Å². The van der Waals surface area contributed by atoms with Crippen LogP contribution in [0.1, 0.15) is 24.0 Å². The molecule has 1 fully saturated rings. The first kappa shape index (κ1) is 14.8. The van der Waals surface area contributed by atoms with E-state index < -0.39 is 6.35 Å². The van der Waals surface area contributed by atoms with Crippen LogP contribution in [-0.2, 0) is 4.79 Å². The fraction of sp³-hybridized carbons (Fsp3) is 0.429. The SMILES string of the molecule is Cc1c(N2C(=O)CCCN(C)C2O)ccc(C#N)c1Cl. The molecule has 0 radical (unpaired) electrons. The van der Waals surface area contributed by atoms with Gasteiger partial charge >= 0.3 is 0 Å². The van der Waals surface area contributed by atoms with E-state index >= 15 is 0 Å². The van der Waals surface area contributed by atoms with Crippen molar-refractivity contribution in [1.82, 2.24) is 4.90 Å². The monoisotopic (exact) mass is 293 g/mol. The molecule has 1 aromatic carbocycles. The molecule has 1 N–H and O–H groups in total. The Hall–Kier alpha value is -1.61. The zero-order chi connectivity index (χ0) is 14.9. The van der Waals surface area contributed by atoms with Gasteiger partial charge in [-0.15, -0.1) is 0 Å². The maximum atomic E-state index is 12.2. The Morgan fingerprint density at radius 3 is 2.85 bits per heavy atom. The van der Waals surface area contributed by atoms with Crippen LogP contribution in [0.4, 0.5) is 5.69 Å². The Balaban J connectivity index is 2.51. The molecule has 0 spiro atoms. The average molecular weight is 294 g/mol. The number of amides is 1. The molecule has 1 atom stereocenters. The van der Waals surface area contributed by atoms with Gasteiger partial charge in [0.15, 0.2) is 6.35 Å². The van der Waals surface area contributed by atoms with Crippen LogP contribution >= 0.6 is 11.6 Å². The standard InChI is InChI=1S/C14H16ClN3O2/c1-9-11(6-5-10(8-16)13(9)15)18-12(19)4-3-7-17(2)14(18)20/h5-6,14,20H,3-4,7H2,1-2H3. The lowest BCUT2D eigenvalue weighted by molar-refractivity contribution is -0.121. The van der Waals surface area contributed by atoms with Crippen molar-refractivity contribution in [2.24, 2.45) is 0 Å².